The summed E-state index contributed by atoms with van der Waals surface area (Å²) in [5.74, 6) is -4.68. The van der Waals surface area contributed by atoms with Crippen LogP contribution in [0.4, 0.5) is 8.78 Å². The highest BCUT2D eigenvalue weighted by Crippen LogP contribution is 2.20. The van der Waals surface area contributed by atoms with Crippen molar-refractivity contribution in [3.05, 3.63) is 0 Å². The summed E-state index contributed by atoms with van der Waals surface area (Å²) in [7, 11) is 0. The number of aliphatic carboxylic acids is 1. The van der Waals surface area contributed by atoms with Crippen molar-refractivity contribution in [2.24, 2.45) is 16.5 Å². The molecule has 1 atom stereocenters. The van der Waals surface area contributed by atoms with Gasteiger partial charge in [0, 0.05) is 6.42 Å². The lowest BCUT2D eigenvalue weighted by atomic mass is 10.1. The Hall–Kier alpha value is -1.24. The van der Waals surface area contributed by atoms with Gasteiger partial charge in [0.15, 0.2) is 0 Å². The van der Waals surface area contributed by atoms with Crippen molar-refractivity contribution in [1.82, 2.24) is 0 Å². The van der Waals surface area contributed by atoms with Crippen molar-refractivity contribution in [3.63, 3.8) is 0 Å². The fourth-order valence-corrected chi connectivity index (χ4v) is 0.714. The number of halogens is 2. The van der Waals surface area contributed by atoms with Gasteiger partial charge in [-0.25, -0.2) is 8.78 Å². The predicted octanol–water partition coefficient (Wildman–Crippen LogP) is -0.199. The number of amidine groups is 1. The summed E-state index contributed by atoms with van der Waals surface area (Å²) >= 11 is 0. The van der Waals surface area contributed by atoms with Crippen molar-refractivity contribution in [3.8, 4) is 0 Å². The average molecular weight is 209 g/mol. The van der Waals surface area contributed by atoms with Crippen LogP contribution in [-0.4, -0.2) is 35.4 Å². The van der Waals surface area contributed by atoms with Crippen molar-refractivity contribution in [2.75, 3.05) is 6.54 Å². The Kier molecular flexibility index (Phi) is 4.42. The SMILES string of the molecule is CC(N)=NCC(F)(F)C[C@H](N)C(=O)O. The molecule has 0 saturated heterocycles. The Balaban J connectivity index is 4.20. The Bertz CT molecular complexity index is 239. The van der Waals surface area contributed by atoms with Crippen LogP contribution in [0.15, 0.2) is 4.99 Å². The molecule has 0 fully saturated rings. The summed E-state index contributed by atoms with van der Waals surface area (Å²) in [5.41, 5.74) is 10.0. The van der Waals surface area contributed by atoms with E-state index in [9.17, 15) is 13.6 Å². The van der Waals surface area contributed by atoms with Crippen LogP contribution >= 0.6 is 0 Å². The third-order valence-electron chi connectivity index (χ3n) is 1.40. The van der Waals surface area contributed by atoms with E-state index in [1.807, 2.05) is 0 Å². The second-order valence-corrected chi connectivity index (χ2v) is 2.96. The van der Waals surface area contributed by atoms with Gasteiger partial charge in [0.25, 0.3) is 5.92 Å². The second-order valence-electron chi connectivity index (χ2n) is 2.96. The van der Waals surface area contributed by atoms with Gasteiger partial charge in [0.1, 0.15) is 12.6 Å². The van der Waals surface area contributed by atoms with Gasteiger partial charge >= 0.3 is 5.97 Å². The number of carboxylic acids is 1. The first-order valence-electron chi connectivity index (χ1n) is 3.87. The fraction of sp³-hybridized carbons (Fsp3) is 0.714. The lowest BCUT2D eigenvalue weighted by Gasteiger charge is -2.16. The number of nitrogens with zero attached hydrogens (tertiary/aromatic N) is 1. The molecule has 7 heteroatoms. The number of hydrogen-bond acceptors (Lipinski definition) is 3. The number of rotatable bonds is 5. The number of nitrogens with two attached hydrogens (primary N) is 2. The molecule has 0 amide bonds. The summed E-state index contributed by atoms with van der Waals surface area (Å²) in [6.07, 6.45) is -0.945. The minimum absolute atomic E-state index is 0.0218. The zero-order valence-corrected chi connectivity index (χ0v) is 7.70. The molecular formula is C7H13F2N3O2. The van der Waals surface area contributed by atoms with Crippen LogP contribution in [-0.2, 0) is 4.79 Å². The first kappa shape index (κ1) is 12.8. The lowest BCUT2D eigenvalue weighted by Crippen LogP contribution is -2.38. The number of aliphatic imine (C=N–C) groups is 1. The molecule has 0 radical (unpaired) electrons. The molecule has 0 aromatic rings. The quantitative estimate of drug-likeness (QED) is 0.431. The molecule has 0 aliphatic carbocycles. The van der Waals surface area contributed by atoms with Gasteiger partial charge in [-0.1, -0.05) is 0 Å². The molecule has 5 nitrogen and oxygen atoms in total. The third-order valence-corrected chi connectivity index (χ3v) is 1.40. The molecule has 0 aliphatic rings. The molecule has 0 aromatic heterocycles. The Labute approximate surface area is 79.8 Å². The van der Waals surface area contributed by atoms with E-state index in [4.69, 9.17) is 16.6 Å². The molecule has 14 heavy (non-hydrogen) atoms. The standard InChI is InChI=1S/C7H13F2N3O2/c1-4(10)12-3-7(8,9)2-5(11)6(13)14/h5H,2-3,11H2,1H3,(H2,10,12)(H,13,14)/t5-/m0/s1. The molecule has 0 unspecified atom stereocenters. The van der Waals surface area contributed by atoms with Gasteiger partial charge in [-0.15, -0.1) is 0 Å². The summed E-state index contributed by atoms with van der Waals surface area (Å²) in [6.45, 7) is 0.531. The summed E-state index contributed by atoms with van der Waals surface area (Å²) in [4.78, 5) is 13.5. The van der Waals surface area contributed by atoms with Crippen LogP contribution < -0.4 is 11.5 Å². The van der Waals surface area contributed by atoms with Gasteiger partial charge in [-0.3, -0.25) is 9.79 Å². The Morgan fingerprint density at radius 2 is 2.14 bits per heavy atom. The first-order valence-corrected chi connectivity index (χ1v) is 3.87. The molecule has 82 valence electrons. The number of alkyl halides is 2. The number of carboxylic acid groups (broad SMARTS) is 1. The number of hydrogen-bond donors (Lipinski definition) is 3. The minimum Gasteiger partial charge on any atom is -0.480 e. The van der Waals surface area contributed by atoms with E-state index in [1.165, 1.54) is 6.92 Å². The summed E-state index contributed by atoms with van der Waals surface area (Å²) < 4.78 is 25.8. The topological polar surface area (TPSA) is 102 Å². The van der Waals surface area contributed by atoms with Crippen molar-refractivity contribution in [2.45, 2.75) is 25.3 Å². The van der Waals surface area contributed by atoms with E-state index in [1.54, 1.807) is 0 Å². The highest BCUT2D eigenvalue weighted by molar-refractivity contribution is 5.77. The molecule has 0 spiro atoms. The summed E-state index contributed by atoms with van der Waals surface area (Å²) in [6, 6.07) is -1.58. The van der Waals surface area contributed by atoms with Crippen LogP contribution in [0.5, 0.6) is 0 Å². The molecule has 5 N–H and O–H groups in total. The van der Waals surface area contributed by atoms with Crippen LogP contribution in [0.3, 0.4) is 0 Å². The van der Waals surface area contributed by atoms with Crippen molar-refractivity contribution >= 4 is 11.8 Å². The smallest absolute Gasteiger partial charge is 0.320 e. The van der Waals surface area contributed by atoms with E-state index in [2.05, 4.69) is 4.99 Å². The fourth-order valence-electron chi connectivity index (χ4n) is 0.714. The van der Waals surface area contributed by atoms with Crippen LogP contribution in [0.1, 0.15) is 13.3 Å². The zero-order chi connectivity index (χ0) is 11.4. The zero-order valence-electron chi connectivity index (χ0n) is 7.70. The third kappa shape index (κ3) is 5.41. The Morgan fingerprint density at radius 1 is 1.64 bits per heavy atom. The van der Waals surface area contributed by atoms with Gasteiger partial charge in [0.05, 0.1) is 5.84 Å². The van der Waals surface area contributed by atoms with E-state index in [-0.39, 0.29) is 5.84 Å². The highest BCUT2D eigenvalue weighted by Gasteiger charge is 2.33. The normalized spacial score (nSPS) is 15.3. The Morgan fingerprint density at radius 3 is 2.50 bits per heavy atom. The maximum atomic E-state index is 12.9. The van der Waals surface area contributed by atoms with Crippen LogP contribution in [0.2, 0.25) is 0 Å². The first-order chi connectivity index (χ1) is 6.24. The molecule has 0 saturated carbocycles. The predicted molar refractivity (Wildman–Crippen MR) is 47.3 cm³/mol. The van der Waals surface area contributed by atoms with Gasteiger partial charge in [-0.05, 0) is 6.92 Å². The summed E-state index contributed by atoms with van der Waals surface area (Å²) in [5, 5.41) is 8.30. The van der Waals surface area contributed by atoms with Crippen LogP contribution in [0.25, 0.3) is 0 Å². The minimum atomic E-state index is -3.24. The van der Waals surface area contributed by atoms with Crippen molar-refractivity contribution in [1.29, 1.82) is 0 Å². The monoisotopic (exact) mass is 209 g/mol. The number of carbonyl (C=O) groups is 1. The van der Waals surface area contributed by atoms with E-state index in [0.717, 1.165) is 0 Å². The molecular weight excluding hydrogens is 196 g/mol. The average Bonchev–Trinajstić information content (AvgIpc) is 2.00. The molecule has 0 bridgehead atoms. The van der Waals surface area contributed by atoms with Crippen molar-refractivity contribution < 1.29 is 18.7 Å². The molecule has 0 rings (SSSR count). The van der Waals surface area contributed by atoms with Gasteiger partial charge in [-0.2, -0.15) is 0 Å². The maximum Gasteiger partial charge on any atom is 0.320 e. The van der Waals surface area contributed by atoms with Gasteiger partial charge < -0.3 is 16.6 Å². The van der Waals surface area contributed by atoms with E-state index in [0.29, 0.717) is 0 Å². The second kappa shape index (κ2) is 4.85. The lowest BCUT2D eigenvalue weighted by molar-refractivity contribution is -0.141. The van der Waals surface area contributed by atoms with E-state index >= 15 is 0 Å². The maximum absolute atomic E-state index is 12.9. The molecule has 0 aromatic carbocycles. The van der Waals surface area contributed by atoms with Crippen LogP contribution in [0, 0.1) is 0 Å². The van der Waals surface area contributed by atoms with Gasteiger partial charge in [0.2, 0.25) is 0 Å². The van der Waals surface area contributed by atoms with E-state index < -0.39 is 30.9 Å². The highest BCUT2D eigenvalue weighted by atomic mass is 19.3. The molecule has 0 aliphatic heterocycles. The molecule has 0 heterocycles. The largest absolute Gasteiger partial charge is 0.480 e.